The summed E-state index contributed by atoms with van der Waals surface area (Å²) in [6, 6.07) is 34.7. The SMILES string of the molecule is c1ccc(-c2ccc(-c3cccc4c3=c3ccccc3=4)cc2)cc1. The van der Waals surface area contributed by atoms with E-state index in [1.807, 2.05) is 0 Å². The minimum absolute atomic E-state index is 1.26. The van der Waals surface area contributed by atoms with Crippen molar-refractivity contribution in [3.8, 4) is 22.3 Å². The molecule has 0 amide bonds. The lowest BCUT2D eigenvalue weighted by molar-refractivity contribution is 1.29. The van der Waals surface area contributed by atoms with Crippen LogP contribution in [0.25, 0.3) is 22.3 Å². The van der Waals surface area contributed by atoms with Gasteiger partial charge in [-0.15, -0.1) is 0 Å². The first-order valence-electron chi connectivity index (χ1n) is 8.30. The smallest absolute Gasteiger partial charge is 0.00204 e. The van der Waals surface area contributed by atoms with Crippen LogP contribution in [0.2, 0.25) is 0 Å². The fourth-order valence-corrected chi connectivity index (χ4v) is 3.65. The van der Waals surface area contributed by atoms with Crippen LogP contribution in [0.5, 0.6) is 0 Å². The van der Waals surface area contributed by atoms with E-state index in [4.69, 9.17) is 0 Å². The molecule has 0 spiro atoms. The van der Waals surface area contributed by atoms with Gasteiger partial charge in [0.15, 0.2) is 0 Å². The van der Waals surface area contributed by atoms with Crippen molar-refractivity contribution < 1.29 is 0 Å². The van der Waals surface area contributed by atoms with Gasteiger partial charge in [0.25, 0.3) is 0 Å². The highest BCUT2D eigenvalue weighted by atomic mass is 14.1. The van der Waals surface area contributed by atoms with Crippen molar-refractivity contribution in [2.45, 2.75) is 0 Å². The highest BCUT2D eigenvalue weighted by Crippen LogP contribution is 2.28. The Balaban J connectivity index is 1.67. The normalized spacial score (nSPS) is 11.3. The zero-order valence-electron chi connectivity index (χ0n) is 13.2. The first kappa shape index (κ1) is 13.3. The second-order valence-electron chi connectivity index (χ2n) is 6.22. The van der Waals surface area contributed by atoms with E-state index >= 15 is 0 Å². The Morgan fingerprint density at radius 2 is 0.917 bits per heavy atom. The number of fused-ring (bicyclic) bond motifs is 2. The zero-order chi connectivity index (χ0) is 15.9. The molecule has 0 fully saturated rings. The predicted molar refractivity (Wildman–Crippen MR) is 99.1 cm³/mol. The van der Waals surface area contributed by atoms with Gasteiger partial charge in [0.2, 0.25) is 0 Å². The Morgan fingerprint density at radius 3 is 1.71 bits per heavy atom. The summed E-state index contributed by atoms with van der Waals surface area (Å²) in [4.78, 5) is 0. The van der Waals surface area contributed by atoms with E-state index in [0.717, 1.165) is 0 Å². The molecule has 0 nitrogen and oxygen atoms in total. The van der Waals surface area contributed by atoms with Gasteiger partial charge >= 0.3 is 0 Å². The van der Waals surface area contributed by atoms with Crippen LogP contribution in [-0.2, 0) is 0 Å². The van der Waals surface area contributed by atoms with Crippen LogP contribution in [0, 0.1) is 20.9 Å². The van der Waals surface area contributed by atoms with Crippen molar-refractivity contribution in [2.75, 3.05) is 0 Å². The molecule has 0 saturated carbocycles. The van der Waals surface area contributed by atoms with Gasteiger partial charge in [0.05, 0.1) is 0 Å². The lowest BCUT2D eigenvalue weighted by Crippen LogP contribution is -1.94. The Kier molecular flexibility index (Phi) is 2.89. The van der Waals surface area contributed by atoms with Gasteiger partial charge < -0.3 is 0 Å². The molecular formula is C24H16. The molecule has 0 unspecified atom stereocenters. The third kappa shape index (κ3) is 1.93. The molecule has 0 atom stereocenters. The molecule has 4 aromatic rings. The van der Waals surface area contributed by atoms with Crippen LogP contribution in [-0.4, -0.2) is 0 Å². The molecular weight excluding hydrogens is 288 g/mol. The monoisotopic (exact) mass is 304 g/mol. The summed E-state index contributed by atoms with van der Waals surface area (Å²) < 4.78 is 0. The third-order valence-electron chi connectivity index (χ3n) is 4.85. The van der Waals surface area contributed by atoms with E-state index < -0.39 is 0 Å². The third-order valence-corrected chi connectivity index (χ3v) is 4.85. The maximum atomic E-state index is 2.24. The zero-order valence-corrected chi connectivity index (χ0v) is 13.2. The van der Waals surface area contributed by atoms with Gasteiger partial charge in [-0.2, -0.15) is 0 Å². The molecule has 4 aromatic carbocycles. The van der Waals surface area contributed by atoms with Crippen LogP contribution in [0.4, 0.5) is 0 Å². The quantitative estimate of drug-likeness (QED) is 0.380. The summed E-state index contributed by atoms with van der Waals surface area (Å²) in [5.74, 6) is 0. The molecule has 0 heteroatoms. The van der Waals surface area contributed by atoms with E-state index in [2.05, 4.69) is 97.1 Å². The van der Waals surface area contributed by atoms with E-state index in [1.165, 1.54) is 43.1 Å². The molecule has 0 heterocycles. The van der Waals surface area contributed by atoms with Crippen LogP contribution < -0.4 is 0 Å². The Morgan fingerprint density at radius 1 is 0.333 bits per heavy atom. The maximum Gasteiger partial charge on any atom is -0.00204 e. The Bertz CT molecular complexity index is 1220. The Hall–Kier alpha value is -3.12. The van der Waals surface area contributed by atoms with Crippen LogP contribution in [0.15, 0.2) is 97.1 Å². The van der Waals surface area contributed by atoms with Crippen LogP contribution >= 0.6 is 0 Å². The molecule has 0 aromatic heterocycles. The second-order valence-corrected chi connectivity index (χ2v) is 6.22. The molecule has 24 heavy (non-hydrogen) atoms. The molecule has 1 aliphatic rings. The fourth-order valence-electron chi connectivity index (χ4n) is 3.65. The average Bonchev–Trinajstić information content (AvgIpc) is 2.66. The summed E-state index contributed by atoms with van der Waals surface area (Å²) in [7, 11) is 0. The first-order valence-corrected chi connectivity index (χ1v) is 8.30. The molecule has 112 valence electrons. The largest absolute Gasteiger partial charge is 0.0622 e. The number of benzene rings is 4. The molecule has 0 radical (unpaired) electrons. The topological polar surface area (TPSA) is 0 Å². The number of hydrogen-bond donors (Lipinski definition) is 0. The minimum Gasteiger partial charge on any atom is -0.0622 e. The lowest BCUT2D eigenvalue weighted by Gasteiger charge is -2.11. The molecule has 0 N–H and O–H groups in total. The van der Waals surface area contributed by atoms with Gasteiger partial charge in [0.1, 0.15) is 0 Å². The van der Waals surface area contributed by atoms with E-state index in [0.29, 0.717) is 0 Å². The van der Waals surface area contributed by atoms with Gasteiger partial charge in [-0.05, 0) is 43.1 Å². The molecule has 5 rings (SSSR count). The van der Waals surface area contributed by atoms with Crippen molar-refractivity contribution in [3.05, 3.63) is 118 Å². The average molecular weight is 304 g/mol. The Labute approximate surface area is 140 Å². The summed E-state index contributed by atoms with van der Waals surface area (Å²) in [5.41, 5.74) is 5.12. The summed E-state index contributed by atoms with van der Waals surface area (Å²) >= 11 is 0. The van der Waals surface area contributed by atoms with Crippen molar-refractivity contribution in [2.24, 2.45) is 0 Å². The molecule has 0 bridgehead atoms. The molecule has 1 aliphatic carbocycles. The minimum atomic E-state index is 1.26. The lowest BCUT2D eigenvalue weighted by atomic mass is 9.93. The van der Waals surface area contributed by atoms with E-state index in [1.54, 1.807) is 0 Å². The number of hydrogen-bond acceptors (Lipinski definition) is 0. The standard InChI is InChI=1S/C24H16/c1-2-7-17(8-3-1)18-13-15-19(16-14-18)20-11-6-12-23-21-9-4-5-10-22(21)24(20)23/h1-16H. The van der Waals surface area contributed by atoms with Gasteiger partial charge in [-0.3, -0.25) is 0 Å². The number of rotatable bonds is 2. The van der Waals surface area contributed by atoms with E-state index in [-0.39, 0.29) is 0 Å². The summed E-state index contributed by atoms with van der Waals surface area (Å²) in [6.07, 6.45) is 0. The first-order chi connectivity index (χ1) is 11.9. The van der Waals surface area contributed by atoms with Gasteiger partial charge in [0, 0.05) is 0 Å². The van der Waals surface area contributed by atoms with Crippen molar-refractivity contribution in [3.63, 3.8) is 0 Å². The van der Waals surface area contributed by atoms with Gasteiger partial charge in [-0.25, -0.2) is 0 Å². The maximum absolute atomic E-state index is 2.24. The highest BCUT2D eigenvalue weighted by Gasteiger charge is 2.08. The van der Waals surface area contributed by atoms with Crippen molar-refractivity contribution in [1.82, 2.24) is 0 Å². The van der Waals surface area contributed by atoms with Crippen molar-refractivity contribution >= 4 is 0 Å². The van der Waals surface area contributed by atoms with Gasteiger partial charge in [-0.1, -0.05) is 97.1 Å². The summed E-state index contributed by atoms with van der Waals surface area (Å²) in [6.45, 7) is 0. The van der Waals surface area contributed by atoms with Crippen LogP contribution in [0.3, 0.4) is 0 Å². The fraction of sp³-hybridized carbons (Fsp3) is 0. The van der Waals surface area contributed by atoms with Crippen LogP contribution in [0.1, 0.15) is 0 Å². The highest BCUT2D eigenvalue weighted by molar-refractivity contribution is 5.71. The predicted octanol–water partition coefficient (Wildman–Crippen LogP) is 5.91. The second kappa shape index (κ2) is 5.21. The summed E-state index contributed by atoms with van der Waals surface area (Å²) in [5, 5.41) is 5.50. The van der Waals surface area contributed by atoms with E-state index in [9.17, 15) is 0 Å². The molecule has 0 saturated heterocycles. The molecule has 0 aliphatic heterocycles. The van der Waals surface area contributed by atoms with Crippen molar-refractivity contribution in [1.29, 1.82) is 0 Å².